The van der Waals surface area contributed by atoms with Gasteiger partial charge in [-0.15, -0.1) is 0 Å². The number of para-hydroxylation sites is 1. The Balaban J connectivity index is 1.84. The van der Waals surface area contributed by atoms with Gasteiger partial charge in [0.1, 0.15) is 0 Å². The summed E-state index contributed by atoms with van der Waals surface area (Å²) >= 11 is 0. The van der Waals surface area contributed by atoms with E-state index in [2.05, 4.69) is 27.9 Å². The highest BCUT2D eigenvalue weighted by Crippen LogP contribution is 2.15. The molecule has 0 aliphatic carbocycles. The van der Waals surface area contributed by atoms with Gasteiger partial charge < -0.3 is 4.90 Å². The van der Waals surface area contributed by atoms with Crippen LogP contribution in [0.1, 0.15) is 12.6 Å². The van der Waals surface area contributed by atoms with Crippen molar-refractivity contribution in [3.05, 3.63) is 40.4 Å². The highest BCUT2D eigenvalue weighted by Gasteiger charge is 2.15. The molecule has 1 aliphatic heterocycles. The van der Waals surface area contributed by atoms with Crippen molar-refractivity contribution < 1.29 is 0 Å². The largest absolute Gasteiger partial charge is 0.348 e. The molecule has 1 aliphatic rings. The third kappa shape index (κ3) is 3.05. The summed E-state index contributed by atoms with van der Waals surface area (Å²) in [6.07, 6.45) is 0.787. The van der Waals surface area contributed by atoms with E-state index in [9.17, 15) is 4.79 Å². The summed E-state index contributed by atoms with van der Waals surface area (Å²) in [5, 5.41) is 1.10. The molecule has 0 amide bonds. The highest BCUT2D eigenvalue weighted by atomic mass is 16.1. The molecular weight excluding hydrogens is 276 g/mol. The second-order valence-electron chi connectivity index (χ2n) is 6.01. The third-order valence-electron chi connectivity index (χ3n) is 4.54. The Bertz CT molecular complexity index is 701. The lowest BCUT2D eigenvalue weighted by Gasteiger charge is -2.32. The number of fused-ring (bicyclic) bond motifs is 1. The maximum absolute atomic E-state index is 12.4. The maximum Gasteiger partial charge on any atom is 0.348 e. The number of likely N-dealkylation sites (N-methyl/N-ethyl adjacent to an activating group) is 1. The summed E-state index contributed by atoms with van der Waals surface area (Å²) in [5.74, 6) is 0. The van der Waals surface area contributed by atoms with Crippen molar-refractivity contribution in [3.8, 4) is 0 Å². The first-order valence-electron chi connectivity index (χ1n) is 8.08. The molecular formula is C17H24N4O. The molecule has 22 heavy (non-hydrogen) atoms. The average Bonchev–Trinajstić information content (AvgIpc) is 2.55. The molecule has 0 saturated carbocycles. The van der Waals surface area contributed by atoms with Gasteiger partial charge >= 0.3 is 5.69 Å². The van der Waals surface area contributed by atoms with E-state index < -0.39 is 0 Å². The minimum Gasteiger partial charge on any atom is -0.304 e. The lowest BCUT2D eigenvalue weighted by Crippen LogP contribution is -2.46. The lowest BCUT2D eigenvalue weighted by molar-refractivity contribution is 0.150. The van der Waals surface area contributed by atoms with E-state index in [1.54, 1.807) is 0 Å². The normalized spacial score (nSPS) is 17.2. The molecule has 2 aromatic rings. The summed E-state index contributed by atoms with van der Waals surface area (Å²) in [5.41, 5.74) is 1.79. The third-order valence-corrected chi connectivity index (χ3v) is 4.54. The second-order valence-corrected chi connectivity index (χ2v) is 6.01. The van der Waals surface area contributed by atoms with E-state index in [4.69, 9.17) is 0 Å². The maximum atomic E-state index is 12.4. The van der Waals surface area contributed by atoms with Crippen LogP contribution in [0.2, 0.25) is 0 Å². The SMILES string of the molecule is CCc1nc(=O)n(CCN2CCN(C)CC2)c2ccccc12. The molecule has 2 heterocycles. The highest BCUT2D eigenvalue weighted by molar-refractivity contribution is 5.81. The van der Waals surface area contributed by atoms with Crippen LogP contribution in [0.15, 0.2) is 29.1 Å². The number of aromatic nitrogens is 2. The number of nitrogens with zero attached hydrogens (tertiary/aromatic N) is 4. The van der Waals surface area contributed by atoms with E-state index in [1.807, 2.05) is 29.7 Å². The standard InChI is InChI=1S/C17H24N4O/c1-3-15-14-6-4-5-7-16(14)21(17(22)18-15)13-12-20-10-8-19(2)9-11-20/h4-7H,3,8-13H2,1-2H3. The van der Waals surface area contributed by atoms with Gasteiger partial charge in [0, 0.05) is 44.7 Å². The van der Waals surface area contributed by atoms with Crippen molar-refractivity contribution >= 4 is 10.9 Å². The Labute approximate surface area is 131 Å². The van der Waals surface area contributed by atoms with Gasteiger partial charge in [0.05, 0.1) is 11.2 Å². The minimum absolute atomic E-state index is 0.121. The topological polar surface area (TPSA) is 41.4 Å². The van der Waals surface area contributed by atoms with Crippen LogP contribution in [-0.4, -0.2) is 59.1 Å². The van der Waals surface area contributed by atoms with Crippen molar-refractivity contribution in [2.45, 2.75) is 19.9 Å². The fraction of sp³-hybridized carbons (Fsp3) is 0.529. The van der Waals surface area contributed by atoms with E-state index in [-0.39, 0.29) is 5.69 Å². The molecule has 0 bridgehead atoms. The van der Waals surface area contributed by atoms with Gasteiger partial charge in [-0.05, 0) is 19.5 Å². The average molecular weight is 300 g/mol. The van der Waals surface area contributed by atoms with Gasteiger partial charge in [-0.1, -0.05) is 25.1 Å². The number of piperazine rings is 1. The Kier molecular flexibility index (Phi) is 4.55. The molecule has 5 nitrogen and oxygen atoms in total. The molecule has 5 heteroatoms. The molecule has 0 spiro atoms. The van der Waals surface area contributed by atoms with Crippen LogP contribution in [0.4, 0.5) is 0 Å². The fourth-order valence-electron chi connectivity index (χ4n) is 3.09. The Morgan fingerprint density at radius 1 is 1.09 bits per heavy atom. The zero-order valence-corrected chi connectivity index (χ0v) is 13.5. The zero-order chi connectivity index (χ0) is 15.5. The van der Waals surface area contributed by atoms with Gasteiger partial charge in [-0.25, -0.2) is 4.79 Å². The molecule has 3 rings (SSSR count). The van der Waals surface area contributed by atoms with Gasteiger partial charge in [0.2, 0.25) is 0 Å². The molecule has 0 radical (unpaired) electrons. The van der Waals surface area contributed by atoms with Crippen LogP contribution in [-0.2, 0) is 13.0 Å². The minimum atomic E-state index is -0.121. The van der Waals surface area contributed by atoms with Gasteiger partial charge in [-0.3, -0.25) is 9.47 Å². The molecule has 0 atom stereocenters. The van der Waals surface area contributed by atoms with Gasteiger partial charge in [0.25, 0.3) is 0 Å². The number of hydrogen-bond acceptors (Lipinski definition) is 4. The van der Waals surface area contributed by atoms with Crippen LogP contribution < -0.4 is 5.69 Å². The smallest absolute Gasteiger partial charge is 0.304 e. The monoisotopic (exact) mass is 300 g/mol. The molecule has 0 N–H and O–H groups in total. The quantitative estimate of drug-likeness (QED) is 0.851. The van der Waals surface area contributed by atoms with Crippen molar-refractivity contribution in [2.24, 2.45) is 0 Å². The predicted molar refractivity (Wildman–Crippen MR) is 89.3 cm³/mol. The molecule has 1 fully saturated rings. The Morgan fingerprint density at radius 2 is 1.82 bits per heavy atom. The van der Waals surface area contributed by atoms with Crippen LogP contribution in [0.5, 0.6) is 0 Å². The van der Waals surface area contributed by atoms with Crippen LogP contribution >= 0.6 is 0 Å². The number of aryl methyl sites for hydroxylation is 1. The predicted octanol–water partition coefficient (Wildman–Crippen LogP) is 1.21. The van der Waals surface area contributed by atoms with E-state index in [0.717, 1.165) is 55.7 Å². The van der Waals surface area contributed by atoms with Crippen LogP contribution in [0, 0.1) is 0 Å². The van der Waals surface area contributed by atoms with E-state index in [0.29, 0.717) is 6.54 Å². The summed E-state index contributed by atoms with van der Waals surface area (Å²) in [4.78, 5) is 21.4. The Morgan fingerprint density at radius 3 is 2.55 bits per heavy atom. The van der Waals surface area contributed by atoms with Crippen LogP contribution in [0.3, 0.4) is 0 Å². The van der Waals surface area contributed by atoms with Crippen molar-refractivity contribution in [3.63, 3.8) is 0 Å². The van der Waals surface area contributed by atoms with E-state index >= 15 is 0 Å². The molecule has 1 aromatic heterocycles. The molecule has 0 unspecified atom stereocenters. The van der Waals surface area contributed by atoms with Crippen molar-refractivity contribution in [2.75, 3.05) is 39.8 Å². The zero-order valence-electron chi connectivity index (χ0n) is 13.5. The summed E-state index contributed by atoms with van der Waals surface area (Å²) < 4.78 is 1.83. The summed E-state index contributed by atoms with van der Waals surface area (Å²) in [7, 11) is 2.16. The lowest BCUT2D eigenvalue weighted by atomic mass is 10.1. The number of benzene rings is 1. The number of rotatable bonds is 4. The van der Waals surface area contributed by atoms with E-state index in [1.165, 1.54) is 0 Å². The van der Waals surface area contributed by atoms with Crippen LogP contribution in [0.25, 0.3) is 10.9 Å². The first-order valence-corrected chi connectivity index (χ1v) is 8.08. The molecule has 1 aromatic carbocycles. The number of hydrogen-bond donors (Lipinski definition) is 0. The van der Waals surface area contributed by atoms with Gasteiger partial charge in [-0.2, -0.15) is 4.98 Å². The molecule has 118 valence electrons. The second kappa shape index (κ2) is 6.58. The fourth-order valence-corrected chi connectivity index (χ4v) is 3.09. The Hall–Kier alpha value is -1.72. The van der Waals surface area contributed by atoms with Gasteiger partial charge in [0.15, 0.2) is 0 Å². The summed E-state index contributed by atoms with van der Waals surface area (Å²) in [6.45, 7) is 8.01. The summed E-state index contributed by atoms with van der Waals surface area (Å²) in [6, 6.07) is 8.10. The first-order chi connectivity index (χ1) is 10.7. The van der Waals surface area contributed by atoms with Crippen molar-refractivity contribution in [1.29, 1.82) is 0 Å². The van der Waals surface area contributed by atoms with Crippen molar-refractivity contribution in [1.82, 2.24) is 19.4 Å². The first kappa shape index (κ1) is 15.2. The molecule has 1 saturated heterocycles.